The van der Waals surface area contributed by atoms with Crippen LogP contribution < -0.4 is 18.1 Å². The molecule has 0 aromatic carbocycles. The van der Waals surface area contributed by atoms with E-state index in [1.807, 2.05) is 0 Å². The highest BCUT2D eigenvalue weighted by Crippen LogP contribution is 2.06. The monoisotopic (exact) mass is 292 g/mol. The summed E-state index contributed by atoms with van der Waals surface area (Å²) in [7, 11) is 4.73. The van der Waals surface area contributed by atoms with E-state index in [-0.39, 0.29) is 12.4 Å². The molecule has 19 heavy (non-hydrogen) atoms. The van der Waals surface area contributed by atoms with E-state index in [9.17, 15) is 4.79 Å². The predicted molar refractivity (Wildman–Crippen MR) is 80.3 cm³/mol. The first-order chi connectivity index (χ1) is 8.39. The van der Waals surface area contributed by atoms with Crippen molar-refractivity contribution in [2.24, 2.45) is 5.73 Å². The molecule has 4 heteroatoms. The molecule has 0 spiro atoms. The fourth-order valence-corrected chi connectivity index (χ4v) is 1.69. The highest BCUT2D eigenvalue weighted by atomic mass is 35.5. The van der Waals surface area contributed by atoms with E-state index in [1.54, 1.807) is 0 Å². The van der Waals surface area contributed by atoms with Crippen LogP contribution in [0.5, 0.6) is 0 Å². The number of amides is 1. The van der Waals surface area contributed by atoms with Gasteiger partial charge in [0.25, 0.3) is 0 Å². The highest BCUT2D eigenvalue weighted by Gasteiger charge is 2.12. The Bertz CT molecular complexity index is 206. The predicted octanol–water partition coefficient (Wildman–Crippen LogP) is 0.105. The van der Waals surface area contributed by atoms with Crippen molar-refractivity contribution in [1.82, 2.24) is 0 Å². The van der Waals surface area contributed by atoms with Gasteiger partial charge in [-0.15, -0.1) is 0 Å². The van der Waals surface area contributed by atoms with Crippen LogP contribution in [0.3, 0.4) is 0 Å². The molecule has 0 fully saturated rings. The molecule has 0 atom stereocenters. The van der Waals surface area contributed by atoms with Crippen LogP contribution in [0.4, 0.5) is 0 Å². The molecule has 0 unspecified atom stereocenters. The van der Waals surface area contributed by atoms with Crippen LogP contribution in [-0.2, 0) is 4.79 Å². The summed E-state index contributed by atoms with van der Waals surface area (Å²) in [6, 6.07) is 0. The van der Waals surface area contributed by atoms with Crippen molar-refractivity contribution < 1.29 is 21.7 Å². The second-order valence-electron chi connectivity index (χ2n) is 5.40. The van der Waals surface area contributed by atoms with Gasteiger partial charge >= 0.3 is 0 Å². The number of carbonyl (C=O) groups excluding carboxylic acids is 1. The van der Waals surface area contributed by atoms with Crippen LogP contribution in [0.2, 0.25) is 0 Å². The van der Waals surface area contributed by atoms with E-state index in [4.69, 9.17) is 0 Å². The molecule has 0 radical (unpaired) electrons. The zero-order valence-corrected chi connectivity index (χ0v) is 14.0. The lowest BCUT2D eigenvalue weighted by Crippen LogP contribution is -3.00. The fraction of sp³-hybridized carbons (Fsp3) is 0.800. The van der Waals surface area contributed by atoms with Gasteiger partial charge in [-0.25, -0.2) is 0 Å². The minimum absolute atomic E-state index is 0. The third-order valence-electron chi connectivity index (χ3n) is 2.94. The zero-order chi connectivity index (χ0) is 14.4. The molecule has 0 bridgehead atoms. The second-order valence-corrected chi connectivity index (χ2v) is 5.40. The van der Waals surface area contributed by atoms with Crippen molar-refractivity contribution in [1.29, 1.82) is 0 Å². The molecule has 0 heterocycles. The first kappa shape index (κ1) is 23.5. The quantitative estimate of drug-likeness (QED) is 0.366. The van der Waals surface area contributed by atoms with Crippen molar-refractivity contribution in [2.45, 2.75) is 52.4 Å². The lowest BCUT2D eigenvalue weighted by Gasteiger charge is -2.29. The van der Waals surface area contributed by atoms with E-state index in [0.717, 1.165) is 6.08 Å². The molecule has 0 aliphatic carbocycles. The normalized spacial score (nSPS) is 9.89. The number of carbonyl (C=O) groups is 1. The van der Waals surface area contributed by atoms with Gasteiger partial charge in [-0.05, 0) is 31.8 Å². The summed E-state index contributed by atoms with van der Waals surface area (Å²) >= 11 is 0. The largest absolute Gasteiger partial charge is 1.00 e. The molecular weight excluding hydrogens is 260 g/mol. The van der Waals surface area contributed by atoms with Crippen LogP contribution in [-0.4, -0.2) is 37.6 Å². The van der Waals surface area contributed by atoms with Crippen LogP contribution in [0.1, 0.15) is 52.4 Å². The molecule has 2 N–H and O–H groups in total. The Morgan fingerprint density at radius 2 is 1.37 bits per heavy atom. The third kappa shape index (κ3) is 23.0. The first-order valence-corrected chi connectivity index (χ1v) is 7.13. The van der Waals surface area contributed by atoms with Gasteiger partial charge in [0.1, 0.15) is 0 Å². The Morgan fingerprint density at radius 1 is 1.05 bits per heavy atom. The Labute approximate surface area is 126 Å². The second kappa shape index (κ2) is 15.5. The SMILES string of the molecule is C=CC(N)=O.CCCCC[N+](C)(C)CCCCC.[Cl-]. The van der Waals surface area contributed by atoms with Crippen molar-refractivity contribution in [3.63, 3.8) is 0 Å². The van der Waals surface area contributed by atoms with Gasteiger partial charge in [0.05, 0.1) is 27.2 Å². The molecule has 1 amide bonds. The van der Waals surface area contributed by atoms with Crippen LogP contribution in [0, 0.1) is 0 Å². The molecule has 0 aliphatic rings. The highest BCUT2D eigenvalue weighted by molar-refractivity contribution is 5.84. The average molecular weight is 293 g/mol. The number of unbranched alkanes of at least 4 members (excludes halogenated alkanes) is 4. The van der Waals surface area contributed by atoms with Gasteiger partial charge in [-0.2, -0.15) is 0 Å². The summed E-state index contributed by atoms with van der Waals surface area (Å²) in [5, 5.41) is 0. The fourth-order valence-electron chi connectivity index (χ4n) is 1.69. The molecule has 0 rings (SSSR count). The number of primary amides is 1. The molecule has 0 saturated carbocycles. The minimum Gasteiger partial charge on any atom is -1.00 e. The van der Waals surface area contributed by atoms with Gasteiger partial charge < -0.3 is 22.6 Å². The maximum absolute atomic E-state index is 9.47. The van der Waals surface area contributed by atoms with Crippen LogP contribution in [0.25, 0.3) is 0 Å². The summed E-state index contributed by atoms with van der Waals surface area (Å²) in [6.07, 6.45) is 9.33. The maximum Gasteiger partial charge on any atom is 0.240 e. The van der Waals surface area contributed by atoms with Crippen LogP contribution in [0.15, 0.2) is 12.7 Å². The minimum atomic E-state index is -0.481. The summed E-state index contributed by atoms with van der Waals surface area (Å²) < 4.78 is 1.22. The molecule has 116 valence electrons. The van der Waals surface area contributed by atoms with Crippen molar-refractivity contribution in [2.75, 3.05) is 27.2 Å². The molecule has 0 aromatic heterocycles. The van der Waals surface area contributed by atoms with E-state index in [2.05, 4.69) is 40.3 Å². The van der Waals surface area contributed by atoms with Gasteiger partial charge in [0.2, 0.25) is 5.91 Å². The van der Waals surface area contributed by atoms with Crippen molar-refractivity contribution in [3.8, 4) is 0 Å². The lowest BCUT2D eigenvalue weighted by molar-refractivity contribution is -0.890. The van der Waals surface area contributed by atoms with Gasteiger partial charge in [-0.3, -0.25) is 4.79 Å². The van der Waals surface area contributed by atoms with Gasteiger partial charge in [0.15, 0.2) is 0 Å². The zero-order valence-electron chi connectivity index (χ0n) is 13.3. The number of quaternary nitrogens is 1. The number of hydrogen-bond acceptors (Lipinski definition) is 1. The number of rotatable bonds is 9. The number of halogens is 1. The maximum atomic E-state index is 9.47. The molecule has 0 saturated heterocycles. The third-order valence-corrected chi connectivity index (χ3v) is 2.94. The Hall–Kier alpha value is -0.540. The smallest absolute Gasteiger partial charge is 0.240 e. The summed E-state index contributed by atoms with van der Waals surface area (Å²) in [4.78, 5) is 9.47. The van der Waals surface area contributed by atoms with E-state index < -0.39 is 5.91 Å². The average Bonchev–Trinajstić information content (AvgIpc) is 2.30. The van der Waals surface area contributed by atoms with Crippen molar-refractivity contribution >= 4 is 5.91 Å². The summed E-state index contributed by atoms with van der Waals surface area (Å²) in [5.41, 5.74) is 4.53. The Balaban J connectivity index is -0.000000366. The topological polar surface area (TPSA) is 43.1 Å². The summed E-state index contributed by atoms with van der Waals surface area (Å²) in [6.45, 7) is 10.4. The van der Waals surface area contributed by atoms with Crippen molar-refractivity contribution in [3.05, 3.63) is 12.7 Å². The van der Waals surface area contributed by atoms with E-state index in [1.165, 1.54) is 56.1 Å². The number of nitrogens with two attached hydrogens (primary N) is 1. The summed E-state index contributed by atoms with van der Waals surface area (Å²) in [5.74, 6) is -0.481. The van der Waals surface area contributed by atoms with E-state index in [0.29, 0.717) is 0 Å². The molecule has 0 aromatic rings. The Kier molecular flexibility index (Phi) is 19.2. The Morgan fingerprint density at radius 3 is 1.58 bits per heavy atom. The standard InChI is InChI=1S/C12H28N.C3H5NO.ClH/c1-5-7-9-11-13(3,4)12-10-8-6-2;1-2-3(4)5;/h5-12H2,1-4H3;2H,1H2,(H2,4,5);1H/q+1;;/p-1. The molecular formula is C15H33ClN2O. The number of nitrogens with zero attached hydrogens (tertiary/aromatic N) is 1. The van der Waals surface area contributed by atoms with Crippen LogP contribution >= 0.6 is 0 Å². The molecule has 0 aliphatic heterocycles. The van der Waals surface area contributed by atoms with Gasteiger partial charge in [0, 0.05) is 0 Å². The van der Waals surface area contributed by atoms with Gasteiger partial charge in [-0.1, -0.05) is 33.3 Å². The lowest BCUT2D eigenvalue weighted by atomic mass is 10.2. The molecule has 3 nitrogen and oxygen atoms in total. The number of hydrogen-bond donors (Lipinski definition) is 1. The van der Waals surface area contributed by atoms with E-state index >= 15 is 0 Å². The first-order valence-electron chi connectivity index (χ1n) is 7.13.